The van der Waals surface area contributed by atoms with Gasteiger partial charge in [0.15, 0.2) is 0 Å². The summed E-state index contributed by atoms with van der Waals surface area (Å²) < 4.78 is 26.1. The number of aromatic nitrogens is 2. The van der Waals surface area contributed by atoms with E-state index >= 15 is 0 Å². The van der Waals surface area contributed by atoms with Crippen LogP contribution in [0.4, 0.5) is 8.78 Å². The third kappa shape index (κ3) is 1.55. The minimum Gasteiger partial charge on any atom is -0.352 e. The summed E-state index contributed by atoms with van der Waals surface area (Å²) in [6, 6.07) is 0. The molecular weight excluding hydrogens is 222 g/mol. The van der Waals surface area contributed by atoms with E-state index in [1.54, 1.807) is 0 Å². The number of amides is 1. The number of hydrogen-bond acceptors (Lipinski definition) is 4. The van der Waals surface area contributed by atoms with E-state index in [-0.39, 0.29) is 24.6 Å². The molecule has 0 aliphatic carbocycles. The van der Waals surface area contributed by atoms with Crippen LogP contribution in [-0.4, -0.2) is 32.8 Å². The average molecular weight is 232 g/mol. The molecular formula is C8H10F2N4O2. The summed E-state index contributed by atoms with van der Waals surface area (Å²) in [5.74, 6) is -0.991. The molecule has 88 valence electrons. The summed E-state index contributed by atoms with van der Waals surface area (Å²) in [4.78, 5) is 15.1. The summed E-state index contributed by atoms with van der Waals surface area (Å²) in [5.41, 5.74) is 0.484. The molecule has 0 aromatic carbocycles. The number of carbonyl (C=O) groups is 1. The van der Waals surface area contributed by atoms with E-state index in [1.165, 1.54) is 7.05 Å². The predicted octanol–water partition coefficient (Wildman–Crippen LogP) is 0.343. The Bertz CT molecular complexity index is 432. The molecule has 0 saturated heterocycles. The lowest BCUT2D eigenvalue weighted by atomic mass is 10.4. The van der Waals surface area contributed by atoms with E-state index in [0.717, 1.165) is 5.06 Å². The van der Waals surface area contributed by atoms with Crippen LogP contribution < -0.4 is 5.32 Å². The highest BCUT2D eigenvalue weighted by molar-refractivity contribution is 5.90. The van der Waals surface area contributed by atoms with Crippen molar-refractivity contribution in [1.29, 1.82) is 0 Å². The smallest absolute Gasteiger partial charge is 0.320 e. The number of nitrogens with zero attached hydrogens (tertiary/aromatic N) is 3. The molecule has 16 heavy (non-hydrogen) atoms. The van der Waals surface area contributed by atoms with Gasteiger partial charge in [-0.15, -0.1) is 0 Å². The average Bonchev–Trinajstić information content (AvgIpc) is 2.71. The zero-order valence-corrected chi connectivity index (χ0v) is 8.44. The second-order valence-corrected chi connectivity index (χ2v) is 3.38. The topological polar surface area (TPSA) is 70.4 Å². The van der Waals surface area contributed by atoms with Crippen molar-refractivity contribution < 1.29 is 18.8 Å². The highest BCUT2D eigenvalue weighted by Gasteiger charge is 2.31. The van der Waals surface area contributed by atoms with E-state index in [0.29, 0.717) is 10.3 Å². The van der Waals surface area contributed by atoms with Gasteiger partial charge in [0.05, 0.1) is 24.5 Å². The number of fused-ring (bicyclic) bond motifs is 1. The van der Waals surface area contributed by atoms with Crippen molar-refractivity contribution in [2.45, 2.75) is 19.6 Å². The van der Waals surface area contributed by atoms with E-state index in [9.17, 15) is 13.6 Å². The molecule has 2 N–H and O–H groups in total. The Labute approximate surface area is 89.4 Å². The third-order valence-electron chi connectivity index (χ3n) is 2.38. The molecule has 1 aliphatic heterocycles. The Hall–Kier alpha value is -1.54. The Kier molecular flexibility index (Phi) is 2.60. The van der Waals surface area contributed by atoms with Gasteiger partial charge < -0.3 is 10.5 Å². The first-order chi connectivity index (χ1) is 7.54. The first-order valence-corrected chi connectivity index (χ1v) is 4.58. The Balaban J connectivity index is 2.49. The number of rotatable bonds is 2. The van der Waals surface area contributed by atoms with Crippen molar-refractivity contribution in [1.82, 2.24) is 19.9 Å². The van der Waals surface area contributed by atoms with Crippen molar-refractivity contribution in [2.75, 3.05) is 7.05 Å². The van der Waals surface area contributed by atoms with Crippen LogP contribution in [0.2, 0.25) is 0 Å². The van der Waals surface area contributed by atoms with Gasteiger partial charge in [-0.3, -0.25) is 9.36 Å². The molecule has 0 bridgehead atoms. The van der Waals surface area contributed by atoms with E-state index < -0.39 is 12.5 Å². The lowest BCUT2D eigenvalue weighted by molar-refractivity contribution is -0.0997. The van der Waals surface area contributed by atoms with Crippen LogP contribution in [0.15, 0.2) is 0 Å². The third-order valence-corrected chi connectivity index (χ3v) is 2.38. The fourth-order valence-electron chi connectivity index (χ4n) is 1.69. The van der Waals surface area contributed by atoms with Crippen LogP contribution in [0, 0.1) is 0 Å². The maximum Gasteiger partial charge on any atom is 0.320 e. The summed E-state index contributed by atoms with van der Waals surface area (Å²) in [5, 5.41) is 12.3. The highest BCUT2D eigenvalue weighted by Crippen LogP contribution is 2.26. The summed E-state index contributed by atoms with van der Waals surface area (Å²) in [6.07, 6.45) is 0. The van der Waals surface area contributed by atoms with Gasteiger partial charge in [0.1, 0.15) is 0 Å². The number of imidazole rings is 1. The molecule has 1 aromatic rings. The van der Waals surface area contributed by atoms with Gasteiger partial charge in [-0.05, 0) is 0 Å². The lowest BCUT2D eigenvalue weighted by Gasteiger charge is -2.10. The van der Waals surface area contributed by atoms with Crippen molar-refractivity contribution in [2.24, 2.45) is 0 Å². The molecule has 0 atom stereocenters. The number of hydrogen-bond donors (Lipinski definition) is 2. The van der Waals surface area contributed by atoms with E-state index in [1.807, 2.05) is 0 Å². The zero-order valence-electron chi connectivity index (χ0n) is 8.44. The minimum atomic E-state index is -2.85. The van der Waals surface area contributed by atoms with E-state index in [4.69, 9.17) is 5.21 Å². The fourth-order valence-corrected chi connectivity index (χ4v) is 1.69. The second-order valence-electron chi connectivity index (χ2n) is 3.38. The van der Waals surface area contributed by atoms with Crippen molar-refractivity contribution in [3.8, 4) is 0 Å². The summed E-state index contributed by atoms with van der Waals surface area (Å²) >= 11 is 0. The van der Waals surface area contributed by atoms with Gasteiger partial charge >= 0.3 is 6.55 Å². The van der Waals surface area contributed by atoms with Crippen molar-refractivity contribution in [3.05, 3.63) is 17.2 Å². The van der Waals surface area contributed by atoms with Crippen molar-refractivity contribution in [3.63, 3.8) is 0 Å². The van der Waals surface area contributed by atoms with Crippen LogP contribution in [0.25, 0.3) is 0 Å². The number of carbonyl (C=O) groups excluding carboxylic acids is 1. The van der Waals surface area contributed by atoms with Crippen LogP contribution in [0.3, 0.4) is 0 Å². The summed E-state index contributed by atoms with van der Waals surface area (Å²) in [7, 11) is 1.34. The monoisotopic (exact) mass is 232 g/mol. The second kappa shape index (κ2) is 3.80. The van der Waals surface area contributed by atoms with Crippen molar-refractivity contribution >= 4 is 5.91 Å². The number of hydroxylamine groups is 2. The fraction of sp³-hybridized carbons (Fsp3) is 0.500. The summed E-state index contributed by atoms with van der Waals surface area (Å²) in [6.45, 7) is -2.85. The predicted molar refractivity (Wildman–Crippen MR) is 47.9 cm³/mol. The highest BCUT2D eigenvalue weighted by atomic mass is 19.3. The van der Waals surface area contributed by atoms with Crippen LogP contribution in [-0.2, 0) is 13.1 Å². The van der Waals surface area contributed by atoms with Crippen LogP contribution in [0.1, 0.15) is 28.6 Å². The molecule has 1 aliphatic rings. The Morgan fingerprint density at radius 3 is 2.81 bits per heavy atom. The normalized spacial score (nSPS) is 15.6. The number of nitrogens with one attached hydrogen (secondary N) is 1. The molecule has 6 nitrogen and oxygen atoms in total. The number of halogens is 2. The van der Waals surface area contributed by atoms with Gasteiger partial charge in [-0.2, -0.15) is 13.8 Å². The molecule has 0 fully saturated rings. The van der Waals surface area contributed by atoms with Crippen LogP contribution in [0.5, 0.6) is 0 Å². The standard InChI is InChI=1S/C8H10F2N4O2/c1-11-7(15)6-12-4-2-13(16)3-5(4)14(6)8(9)10/h8,16H,2-3H2,1H3,(H,11,15). The van der Waals surface area contributed by atoms with Gasteiger partial charge in [0, 0.05) is 7.05 Å². The molecule has 0 unspecified atom stereocenters. The molecule has 8 heteroatoms. The number of alkyl halides is 2. The zero-order chi connectivity index (χ0) is 11.9. The molecule has 0 spiro atoms. The molecule has 1 aromatic heterocycles. The van der Waals surface area contributed by atoms with Crippen LogP contribution >= 0.6 is 0 Å². The Morgan fingerprint density at radius 1 is 1.56 bits per heavy atom. The first-order valence-electron chi connectivity index (χ1n) is 4.58. The molecule has 1 amide bonds. The van der Waals surface area contributed by atoms with Gasteiger partial charge in [-0.1, -0.05) is 0 Å². The van der Waals surface area contributed by atoms with E-state index in [2.05, 4.69) is 10.3 Å². The molecule has 2 heterocycles. The van der Waals surface area contributed by atoms with Gasteiger partial charge in [0.2, 0.25) is 5.82 Å². The largest absolute Gasteiger partial charge is 0.352 e. The lowest BCUT2D eigenvalue weighted by Crippen LogP contribution is -2.25. The van der Waals surface area contributed by atoms with Gasteiger partial charge in [-0.25, -0.2) is 4.98 Å². The quantitative estimate of drug-likeness (QED) is 0.771. The maximum absolute atomic E-state index is 12.8. The van der Waals surface area contributed by atoms with Gasteiger partial charge in [0.25, 0.3) is 5.91 Å². The SMILES string of the molecule is CNC(=O)c1nc2c(n1C(F)F)CN(O)C2. The Morgan fingerprint density at radius 2 is 2.25 bits per heavy atom. The molecule has 0 saturated carbocycles. The maximum atomic E-state index is 12.8. The molecule has 0 radical (unpaired) electrons. The molecule has 2 rings (SSSR count). The minimum absolute atomic E-state index is 0.0519. The first kappa shape index (κ1) is 11.0.